The second kappa shape index (κ2) is 5.11. The molecule has 0 spiro atoms. The van der Waals surface area contributed by atoms with Gasteiger partial charge in [0.1, 0.15) is 6.07 Å². The molecule has 0 saturated carbocycles. The van der Waals surface area contributed by atoms with Gasteiger partial charge in [0.15, 0.2) is 0 Å². The standard InChI is InChI=1S/C14H14N2S/c1-3-16-11(2)10-17-14(16)13(9-15)12-7-5-4-6-8-12/h4-8,10H,3H2,1-2H3/b14-13-. The zero-order valence-corrected chi connectivity index (χ0v) is 10.8. The summed E-state index contributed by atoms with van der Waals surface area (Å²) in [6.07, 6.45) is 0. The van der Waals surface area contributed by atoms with Crippen molar-refractivity contribution >= 4 is 17.3 Å². The lowest BCUT2D eigenvalue weighted by atomic mass is 10.1. The zero-order valence-electron chi connectivity index (χ0n) is 9.97. The van der Waals surface area contributed by atoms with Crippen LogP contribution in [-0.4, -0.2) is 11.4 Å². The molecule has 0 radical (unpaired) electrons. The van der Waals surface area contributed by atoms with E-state index in [1.54, 1.807) is 11.8 Å². The van der Waals surface area contributed by atoms with E-state index in [0.717, 1.165) is 22.7 Å². The molecule has 86 valence electrons. The van der Waals surface area contributed by atoms with E-state index in [0.29, 0.717) is 0 Å². The second-order valence-electron chi connectivity index (χ2n) is 3.78. The maximum absolute atomic E-state index is 9.37. The molecule has 0 N–H and O–H groups in total. The highest BCUT2D eigenvalue weighted by molar-refractivity contribution is 8.06. The van der Waals surface area contributed by atoms with Crippen LogP contribution in [0.1, 0.15) is 19.4 Å². The van der Waals surface area contributed by atoms with Crippen LogP contribution in [-0.2, 0) is 0 Å². The molecule has 3 heteroatoms. The van der Waals surface area contributed by atoms with Crippen molar-refractivity contribution in [2.45, 2.75) is 13.8 Å². The smallest absolute Gasteiger partial charge is 0.103 e. The van der Waals surface area contributed by atoms with Crippen LogP contribution in [0.15, 0.2) is 46.5 Å². The van der Waals surface area contributed by atoms with E-state index in [1.165, 1.54) is 5.70 Å². The molecule has 2 rings (SSSR count). The molecular weight excluding hydrogens is 228 g/mol. The Morgan fingerprint density at radius 1 is 1.35 bits per heavy atom. The van der Waals surface area contributed by atoms with E-state index in [1.807, 2.05) is 30.3 Å². The van der Waals surface area contributed by atoms with Gasteiger partial charge in [0.25, 0.3) is 0 Å². The first-order valence-electron chi connectivity index (χ1n) is 5.58. The number of nitrogens with zero attached hydrogens (tertiary/aromatic N) is 2. The largest absolute Gasteiger partial charge is 0.339 e. The van der Waals surface area contributed by atoms with Gasteiger partial charge in [-0.05, 0) is 24.8 Å². The van der Waals surface area contributed by atoms with Crippen LogP contribution in [0.3, 0.4) is 0 Å². The Balaban J connectivity index is 2.47. The SMILES string of the molecule is CCN1C(C)=CS/C1=C(/C#N)c1ccccc1. The summed E-state index contributed by atoms with van der Waals surface area (Å²) in [5, 5.41) is 12.5. The normalized spacial score (nSPS) is 17.7. The van der Waals surface area contributed by atoms with Crippen LogP contribution in [0.4, 0.5) is 0 Å². The van der Waals surface area contributed by atoms with Gasteiger partial charge in [-0.3, -0.25) is 0 Å². The lowest BCUT2D eigenvalue weighted by Crippen LogP contribution is -2.16. The van der Waals surface area contributed by atoms with Crippen molar-refractivity contribution in [1.82, 2.24) is 4.90 Å². The van der Waals surface area contributed by atoms with Crippen molar-refractivity contribution in [3.8, 4) is 6.07 Å². The van der Waals surface area contributed by atoms with Gasteiger partial charge in [-0.15, -0.1) is 0 Å². The summed E-state index contributed by atoms with van der Waals surface area (Å²) in [7, 11) is 0. The Hall–Kier alpha value is -1.66. The Bertz CT molecular complexity index is 509. The van der Waals surface area contributed by atoms with E-state index >= 15 is 0 Å². The van der Waals surface area contributed by atoms with Crippen molar-refractivity contribution in [2.75, 3.05) is 6.54 Å². The van der Waals surface area contributed by atoms with Gasteiger partial charge < -0.3 is 4.90 Å². The lowest BCUT2D eigenvalue weighted by Gasteiger charge is -2.20. The Labute approximate surface area is 106 Å². The van der Waals surface area contributed by atoms with E-state index < -0.39 is 0 Å². The highest BCUT2D eigenvalue weighted by Crippen LogP contribution is 2.38. The first kappa shape index (κ1) is 11.8. The minimum Gasteiger partial charge on any atom is -0.339 e. The number of allylic oxidation sites excluding steroid dienone is 2. The zero-order chi connectivity index (χ0) is 12.3. The van der Waals surface area contributed by atoms with Crippen LogP contribution in [0.2, 0.25) is 0 Å². The van der Waals surface area contributed by atoms with E-state index in [-0.39, 0.29) is 0 Å². The van der Waals surface area contributed by atoms with Crippen molar-refractivity contribution in [3.63, 3.8) is 0 Å². The summed E-state index contributed by atoms with van der Waals surface area (Å²) >= 11 is 1.63. The first-order valence-corrected chi connectivity index (χ1v) is 6.46. The predicted octanol–water partition coefficient (Wildman–Crippen LogP) is 3.81. The molecule has 0 amide bonds. The number of thioether (sulfide) groups is 1. The van der Waals surface area contributed by atoms with Crippen molar-refractivity contribution in [1.29, 1.82) is 5.26 Å². The Morgan fingerprint density at radius 2 is 2.06 bits per heavy atom. The molecular formula is C14H14N2S. The van der Waals surface area contributed by atoms with Gasteiger partial charge in [-0.25, -0.2) is 0 Å². The summed E-state index contributed by atoms with van der Waals surface area (Å²) < 4.78 is 0. The summed E-state index contributed by atoms with van der Waals surface area (Å²) in [6, 6.07) is 12.2. The van der Waals surface area contributed by atoms with Crippen molar-refractivity contribution < 1.29 is 0 Å². The fourth-order valence-corrected chi connectivity index (χ4v) is 2.95. The van der Waals surface area contributed by atoms with Crippen LogP contribution in [0.25, 0.3) is 5.57 Å². The maximum Gasteiger partial charge on any atom is 0.103 e. The molecule has 0 saturated heterocycles. The Morgan fingerprint density at radius 3 is 2.65 bits per heavy atom. The molecule has 0 fully saturated rings. The van der Waals surface area contributed by atoms with Gasteiger partial charge in [-0.1, -0.05) is 42.1 Å². The van der Waals surface area contributed by atoms with Gasteiger partial charge in [0, 0.05) is 12.2 Å². The number of hydrogen-bond donors (Lipinski definition) is 0. The molecule has 0 aromatic heterocycles. The average molecular weight is 242 g/mol. The predicted molar refractivity (Wildman–Crippen MR) is 72.7 cm³/mol. The maximum atomic E-state index is 9.37. The number of rotatable bonds is 2. The van der Waals surface area contributed by atoms with Crippen molar-refractivity contribution in [2.24, 2.45) is 0 Å². The highest BCUT2D eigenvalue weighted by Gasteiger charge is 2.21. The number of nitriles is 1. The minimum atomic E-state index is 0.755. The molecule has 1 aliphatic rings. The van der Waals surface area contributed by atoms with E-state index in [4.69, 9.17) is 0 Å². The minimum absolute atomic E-state index is 0.755. The molecule has 0 bridgehead atoms. The summed E-state index contributed by atoms with van der Waals surface area (Å²) in [4.78, 5) is 2.18. The molecule has 17 heavy (non-hydrogen) atoms. The van der Waals surface area contributed by atoms with E-state index in [9.17, 15) is 5.26 Å². The topological polar surface area (TPSA) is 27.0 Å². The van der Waals surface area contributed by atoms with Crippen LogP contribution >= 0.6 is 11.8 Å². The third-order valence-corrected chi connectivity index (χ3v) is 3.82. The molecule has 1 aromatic rings. The molecule has 1 aromatic carbocycles. The fourth-order valence-electron chi connectivity index (χ4n) is 1.86. The number of hydrogen-bond acceptors (Lipinski definition) is 3. The van der Waals surface area contributed by atoms with Crippen LogP contribution in [0.5, 0.6) is 0 Å². The lowest BCUT2D eigenvalue weighted by molar-refractivity contribution is 0.491. The van der Waals surface area contributed by atoms with Gasteiger partial charge in [-0.2, -0.15) is 5.26 Å². The van der Waals surface area contributed by atoms with Crippen molar-refractivity contribution in [3.05, 3.63) is 52.0 Å². The van der Waals surface area contributed by atoms with Gasteiger partial charge in [0.05, 0.1) is 10.6 Å². The second-order valence-corrected chi connectivity index (χ2v) is 4.64. The summed E-state index contributed by atoms with van der Waals surface area (Å²) in [5.74, 6) is 0. The van der Waals surface area contributed by atoms with Gasteiger partial charge >= 0.3 is 0 Å². The third-order valence-electron chi connectivity index (χ3n) is 2.72. The molecule has 0 aliphatic carbocycles. The first-order chi connectivity index (χ1) is 8.27. The summed E-state index contributed by atoms with van der Waals surface area (Å²) in [5.41, 5.74) is 2.95. The molecule has 1 heterocycles. The quantitative estimate of drug-likeness (QED) is 0.738. The molecule has 2 nitrogen and oxygen atoms in total. The Kier molecular flexibility index (Phi) is 3.55. The van der Waals surface area contributed by atoms with Crippen LogP contribution < -0.4 is 0 Å². The monoisotopic (exact) mass is 242 g/mol. The molecule has 0 atom stereocenters. The van der Waals surface area contributed by atoms with Crippen LogP contribution in [0, 0.1) is 11.3 Å². The number of benzene rings is 1. The summed E-state index contributed by atoms with van der Waals surface area (Å²) in [6.45, 7) is 5.06. The highest BCUT2D eigenvalue weighted by atomic mass is 32.2. The fraction of sp³-hybridized carbons (Fsp3) is 0.214. The van der Waals surface area contributed by atoms with E-state index in [2.05, 4.69) is 30.2 Å². The third kappa shape index (κ3) is 2.22. The molecule has 1 aliphatic heterocycles. The van der Waals surface area contributed by atoms with Gasteiger partial charge in [0.2, 0.25) is 0 Å². The molecule has 0 unspecified atom stereocenters. The average Bonchev–Trinajstić information content (AvgIpc) is 2.73.